The van der Waals surface area contributed by atoms with Gasteiger partial charge in [0.05, 0.1) is 11.1 Å². The van der Waals surface area contributed by atoms with Crippen LogP contribution in [0.4, 0.5) is 10.2 Å². The summed E-state index contributed by atoms with van der Waals surface area (Å²) in [5.41, 5.74) is 1.20. The van der Waals surface area contributed by atoms with E-state index in [0.29, 0.717) is 48.8 Å². The molecule has 0 aliphatic carbocycles. The summed E-state index contributed by atoms with van der Waals surface area (Å²) in [6.45, 7) is 6.12. The number of anilines is 1. The normalized spacial score (nSPS) is 15.2. The molecular formula is C19H21ClFN7O. The minimum absolute atomic E-state index is 0.0576. The van der Waals surface area contributed by atoms with E-state index in [-0.39, 0.29) is 17.6 Å². The van der Waals surface area contributed by atoms with Gasteiger partial charge in [-0.1, -0.05) is 5.21 Å². The number of piperazine rings is 1. The molecule has 10 heteroatoms. The Morgan fingerprint density at radius 1 is 1.14 bits per heavy atom. The first-order valence-electron chi connectivity index (χ1n) is 9.33. The molecule has 0 unspecified atom stereocenters. The van der Waals surface area contributed by atoms with Crippen LogP contribution in [0.15, 0.2) is 30.6 Å². The molecule has 8 nitrogen and oxygen atoms in total. The monoisotopic (exact) mass is 417 g/mol. The third-order valence-electron chi connectivity index (χ3n) is 5.07. The summed E-state index contributed by atoms with van der Waals surface area (Å²) in [6.07, 6.45) is 1.47. The number of aromatic nitrogens is 5. The number of rotatable bonds is 4. The van der Waals surface area contributed by atoms with Gasteiger partial charge < -0.3 is 9.80 Å². The van der Waals surface area contributed by atoms with E-state index in [2.05, 4.69) is 25.2 Å². The van der Waals surface area contributed by atoms with Crippen LogP contribution < -0.4 is 4.90 Å². The lowest BCUT2D eigenvalue weighted by molar-refractivity contribution is -0.139. The van der Waals surface area contributed by atoms with E-state index in [0.717, 1.165) is 0 Å². The van der Waals surface area contributed by atoms with Gasteiger partial charge in [0.2, 0.25) is 5.91 Å². The molecule has 4 rings (SSSR count). The average molecular weight is 418 g/mol. The number of carbonyl (C=O) groups excluding carboxylic acids is 1. The average Bonchev–Trinajstić information content (AvgIpc) is 3.18. The van der Waals surface area contributed by atoms with Crippen LogP contribution in [0.5, 0.6) is 0 Å². The van der Waals surface area contributed by atoms with E-state index in [9.17, 15) is 9.18 Å². The summed E-state index contributed by atoms with van der Waals surface area (Å²) >= 11 is 5.95. The third-order valence-corrected chi connectivity index (χ3v) is 5.74. The molecule has 1 aliphatic rings. The van der Waals surface area contributed by atoms with Crippen molar-refractivity contribution in [3.63, 3.8) is 0 Å². The van der Waals surface area contributed by atoms with Gasteiger partial charge >= 0.3 is 0 Å². The van der Waals surface area contributed by atoms with E-state index >= 15 is 0 Å². The largest absolute Gasteiger partial charge is 0.351 e. The standard InChI is InChI=1S/C19H21ClFN7O/c1-19(2,11-20)18(29)27-9-7-26(8-10-27)16-15-17(23-12-22-16)28(25-24-15)14-5-3-13(21)4-6-14/h3-6,12H,7-11H2,1-2H3. The molecule has 0 spiro atoms. The van der Waals surface area contributed by atoms with Crippen molar-refractivity contribution in [1.82, 2.24) is 29.9 Å². The number of nitrogens with zero attached hydrogens (tertiary/aromatic N) is 7. The van der Waals surface area contributed by atoms with Gasteiger partial charge in [0.1, 0.15) is 12.1 Å². The Morgan fingerprint density at radius 2 is 1.83 bits per heavy atom. The summed E-state index contributed by atoms with van der Waals surface area (Å²) < 4.78 is 14.8. The summed E-state index contributed by atoms with van der Waals surface area (Å²) in [4.78, 5) is 25.3. The highest BCUT2D eigenvalue weighted by molar-refractivity contribution is 6.19. The SMILES string of the molecule is CC(C)(CCl)C(=O)N1CCN(c2ncnc3c2nnn3-c2ccc(F)cc2)CC1. The van der Waals surface area contributed by atoms with E-state index < -0.39 is 5.41 Å². The second-order valence-corrected chi connectivity index (χ2v) is 7.91. The molecule has 0 saturated carbocycles. The zero-order valence-electron chi connectivity index (χ0n) is 16.2. The van der Waals surface area contributed by atoms with Crippen LogP contribution in [-0.2, 0) is 4.79 Å². The number of benzene rings is 1. The molecule has 1 aliphatic heterocycles. The Morgan fingerprint density at radius 3 is 2.48 bits per heavy atom. The van der Waals surface area contributed by atoms with Crippen LogP contribution in [0.3, 0.4) is 0 Å². The number of hydrogen-bond acceptors (Lipinski definition) is 6. The number of fused-ring (bicyclic) bond motifs is 1. The van der Waals surface area contributed by atoms with Crippen molar-refractivity contribution in [3.05, 3.63) is 36.4 Å². The molecule has 0 atom stereocenters. The first-order valence-corrected chi connectivity index (χ1v) is 9.87. The number of alkyl halides is 1. The molecule has 29 heavy (non-hydrogen) atoms. The van der Waals surface area contributed by atoms with Crippen LogP contribution in [0.1, 0.15) is 13.8 Å². The fraction of sp³-hybridized carbons (Fsp3) is 0.421. The fourth-order valence-electron chi connectivity index (χ4n) is 3.33. The molecule has 3 heterocycles. The van der Waals surface area contributed by atoms with Gasteiger partial charge in [0.25, 0.3) is 0 Å². The highest BCUT2D eigenvalue weighted by Crippen LogP contribution is 2.26. The van der Waals surface area contributed by atoms with Crippen LogP contribution in [-0.4, -0.2) is 67.8 Å². The fourth-order valence-corrected chi connectivity index (χ4v) is 3.45. The molecule has 2 aromatic heterocycles. The van der Waals surface area contributed by atoms with Gasteiger partial charge in [-0.25, -0.2) is 14.4 Å². The van der Waals surface area contributed by atoms with Gasteiger partial charge in [-0.15, -0.1) is 16.7 Å². The molecule has 0 N–H and O–H groups in total. The van der Waals surface area contributed by atoms with Crippen molar-refractivity contribution >= 4 is 34.5 Å². The molecule has 1 aromatic carbocycles. The van der Waals surface area contributed by atoms with Crippen LogP contribution in [0.25, 0.3) is 16.9 Å². The van der Waals surface area contributed by atoms with Gasteiger partial charge in [0.15, 0.2) is 17.0 Å². The van der Waals surface area contributed by atoms with Crippen molar-refractivity contribution in [2.45, 2.75) is 13.8 Å². The second-order valence-electron chi connectivity index (χ2n) is 7.64. The topological polar surface area (TPSA) is 80.0 Å². The minimum atomic E-state index is -0.580. The Hall–Kier alpha value is -2.81. The van der Waals surface area contributed by atoms with E-state index in [4.69, 9.17) is 11.6 Å². The number of hydrogen-bond donors (Lipinski definition) is 0. The third kappa shape index (κ3) is 3.62. The summed E-state index contributed by atoms with van der Waals surface area (Å²) in [5, 5.41) is 8.43. The van der Waals surface area contributed by atoms with Crippen molar-refractivity contribution < 1.29 is 9.18 Å². The summed E-state index contributed by atoms with van der Waals surface area (Å²) in [7, 11) is 0. The Kier molecular flexibility index (Phi) is 5.08. The van der Waals surface area contributed by atoms with Crippen LogP contribution in [0.2, 0.25) is 0 Å². The Labute approximate surface area is 172 Å². The molecule has 0 bridgehead atoms. The predicted molar refractivity (Wildman–Crippen MR) is 108 cm³/mol. The van der Waals surface area contributed by atoms with E-state index in [1.54, 1.807) is 16.8 Å². The Balaban J connectivity index is 1.57. The molecule has 3 aromatic rings. The first-order chi connectivity index (χ1) is 13.9. The number of halogens is 2. The highest BCUT2D eigenvalue weighted by atomic mass is 35.5. The molecule has 0 radical (unpaired) electrons. The van der Waals surface area contributed by atoms with Crippen LogP contribution >= 0.6 is 11.6 Å². The van der Waals surface area contributed by atoms with E-state index in [1.165, 1.54) is 18.5 Å². The lowest BCUT2D eigenvalue weighted by Crippen LogP contribution is -2.52. The van der Waals surface area contributed by atoms with Crippen molar-refractivity contribution in [2.24, 2.45) is 5.41 Å². The predicted octanol–water partition coefficient (Wildman–Crippen LogP) is 2.26. The minimum Gasteiger partial charge on any atom is -0.351 e. The number of carbonyl (C=O) groups is 1. The lowest BCUT2D eigenvalue weighted by atomic mass is 9.94. The lowest BCUT2D eigenvalue weighted by Gasteiger charge is -2.38. The molecule has 1 amide bonds. The first kappa shape index (κ1) is 19.5. The quantitative estimate of drug-likeness (QED) is 0.606. The maximum Gasteiger partial charge on any atom is 0.229 e. The molecule has 152 valence electrons. The van der Waals surface area contributed by atoms with Gasteiger partial charge in [-0.2, -0.15) is 4.68 Å². The van der Waals surface area contributed by atoms with Gasteiger partial charge in [-0.05, 0) is 38.1 Å². The number of amides is 1. The van der Waals surface area contributed by atoms with Gasteiger partial charge in [-0.3, -0.25) is 4.79 Å². The second kappa shape index (κ2) is 7.55. The van der Waals surface area contributed by atoms with E-state index in [1.807, 2.05) is 18.7 Å². The Bertz CT molecular complexity index is 1030. The van der Waals surface area contributed by atoms with Gasteiger partial charge in [0, 0.05) is 32.1 Å². The highest BCUT2D eigenvalue weighted by Gasteiger charge is 2.33. The molecule has 1 saturated heterocycles. The van der Waals surface area contributed by atoms with Crippen LogP contribution in [0, 0.1) is 11.2 Å². The zero-order chi connectivity index (χ0) is 20.6. The van der Waals surface area contributed by atoms with Crippen molar-refractivity contribution in [1.29, 1.82) is 0 Å². The maximum atomic E-state index is 13.2. The summed E-state index contributed by atoms with van der Waals surface area (Å²) in [6, 6.07) is 5.97. The zero-order valence-corrected chi connectivity index (χ0v) is 17.0. The molecule has 1 fully saturated rings. The molecular weight excluding hydrogens is 397 g/mol. The maximum absolute atomic E-state index is 13.2. The van der Waals surface area contributed by atoms with Crippen molar-refractivity contribution in [3.8, 4) is 5.69 Å². The summed E-state index contributed by atoms with van der Waals surface area (Å²) in [5.74, 6) is 0.693. The smallest absolute Gasteiger partial charge is 0.229 e. The van der Waals surface area contributed by atoms with Crippen molar-refractivity contribution in [2.75, 3.05) is 37.0 Å².